The van der Waals surface area contributed by atoms with Crippen LogP contribution >= 0.6 is 11.6 Å². The fourth-order valence-electron chi connectivity index (χ4n) is 3.10. The van der Waals surface area contributed by atoms with E-state index in [-0.39, 0.29) is 12.5 Å². The first kappa shape index (κ1) is 23.7. The molecule has 0 bridgehead atoms. The minimum Gasteiger partial charge on any atom is -0.357 e. The molecular formula is C21H26ClN3O4S. The molecule has 2 aromatic carbocycles. The minimum atomic E-state index is -3.73. The summed E-state index contributed by atoms with van der Waals surface area (Å²) in [5.74, 6) is -0.830. The Bertz CT molecular complexity index is 983. The molecule has 0 aliphatic carbocycles. The number of halogens is 1. The van der Waals surface area contributed by atoms with Crippen molar-refractivity contribution >= 4 is 39.1 Å². The standard InChI is InChI=1S/C21H26ClN3O4S/c1-4-19(21(27)23-2)24(14-16-10-8-9-13-18(16)22)20(26)15-25(30(3,28)29)17-11-6-5-7-12-17/h5-13,19H,4,14-15H2,1-3H3,(H,23,27). The first-order valence-electron chi connectivity index (χ1n) is 9.46. The van der Waals surface area contributed by atoms with Gasteiger partial charge in [-0.15, -0.1) is 0 Å². The van der Waals surface area contributed by atoms with E-state index < -0.39 is 28.5 Å². The number of likely N-dealkylation sites (N-methyl/N-ethyl adjacent to an activating group) is 1. The van der Waals surface area contributed by atoms with Crippen molar-refractivity contribution < 1.29 is 18.0 Å². The van der Waals surface area contributed by atoms with Crippen LogP contribution in [0, 0.1) is 0 Å². The monoisotopic (exact) mass is 451 g/mol. The highest BCUT2D eigenvalue weighted by Gasteiger charge is 2.31. The number of para-hydroxylation sites is 1. The number of hydrogen-bond acceptors (Lipinski definition) is 4. The van der Waals surface area contributed by atoms with Crippen molar-refractivity contribution in [3.63, 3.8) is 0 Å². The number of benzene rings is 2. The summed E-state index contributed by atoms with van der Waals surface area (Å²) in [7, 11) is -2.23. The van der Waals surface area contributed by atoms with Crippen molar-refractivity contribution in [3.8, 4) is 0 Å². The third-order valence-electron chi connectivity index (χ3n) is 4.65. The predicted octanol–water partition coefficient (Wildman–Crippen LogP) is 2.66. The van der Waals surface area contributed by atoms with Gasteiger partial charge in [0.25, 0.3) is 0 Å². The van der Waals surface area contributed by atoms with Crippen molar-refractivity contribution in [1.82, 2.24) is 10.2 Å². The molecule has 0 radical (unpaired) electrons. The van der Waals surface area contributed by atoms with Gasteiger partial charge in [-0.1, -0.05) is 54.9 Å². The number of carbonyl (C=O) groups excluding carboxylic acids is 2. The van der Waals surface area contributed by atoms with E-state index in [2.05, 4.69) is 5.32 Å². The second kappa shape index (κ2) is 10.4. The van der Waals surface area contributed by atoms with Gasteiger partial charge in [-0.2, -0.15) is 0 Å². The van der Waals surface area contributed by atoms with Crippen LogP contribution in [0.4, 0.5) is 5.69 Å². The number of nitrogens with one attached hydrogen (secondary N) is 1. The zero-order valence-corrected chi connectivity index (χ0v) is 18.8. The fourth-order valence-corrected chi connectivity index (χ4v) is 4.15. The summed E-state index contributed by atoms with van der Waals surface area (Å²) in [5, 5.41) is 3.03. The van der Waals surface area contributed by atoms with Gasteiger partial charge in [-0.05, 0) is 30.2 Å². The molecule has 9 heteroatoms. The lowest BCUT2D eigenvalue weighted by atomic mass is 10.1. The van der Waals surface area contributed by atoms with Crippen LogP contribution in [0.3, 0.4) is 0 Å². The Kier molecular flexibility index (Phi) is 8.25. The minimum absolute atomic E-state index is 0.0802. The molecule has 0 saturated carbocycles. The maximum absolute atomic E-state index is 13.3. The van der Waals surface area contributed by atoms with Crippen LogP contribution in [0.1, 0.15) is 18.9 Å². The van der Waals surface area contributed by atoms with E-state index in [4.69, 9.17) is 11.6 Å². The van der Waals surface area contributed by atoms with E-state index in [0.29, 0.717) is 22.7 Å². The van der Waals surface area contributed by atoms with E-state index in [1.54, 1.807) is 61.5 Å². The van der Waals surface area contributed by atoms with E-state index in [1.807, 2.05) is 0 Å². The molecule has 0 aliphatic rings. The number of amides is 2. The van der Waals surface area contributed by atoms with Crippen LogP contribution in [-0.2, 0) is 26.2 Å². The van der Waals surface area contributed by atoms with E-state index in [0.717, 1.165) is 10.6 Å². The molecule has 0 spiro atoms. The Labute approximate surface area is 182 Å². The molecular weight excluding hydrogens is 426 g/mol. The van der Waals surface area contributed by atoms with Crippen molar-refractivity contribution in [3.05, 3.63) is 65.2 Å². The Hall–Kier alpha value is -2.58. The maximum Gasteiger partial charge on any atom is 0.244 e. The van der Waals surface area contributed by atoms with Gasteiger partial charge in [-0.3, -0.25) is 13.9 Å². The fraction of sp³-hybridized carbons (Fsp3) is 0.333. The van der Waals surface area contributed by atoms with Crippen molar-refractivity contribution in [2.24, 2.45) is 0 Å². The Morgan fingerprint density at radius 3 is 2.20 bits per heavy atom. The normalized spacial score (nSPS) is 12.1. The van der Waals surface area contributed by atoms with Gasteiger partial charge in [0.1, 0.15) is 12.6 Å². The zero-order chi connectivity index (χ0) is 22.3. The lowest BCUT2D eigenvalue weighted by Crippen LogP contribution is -2.51. The summed E-state index contributed by atoms with van der Waals surface area (Å²) in [6.07, 6.45) is 1.40. The van der Waals surface area contributed by atoms with Crippen LogP contribution in [0.25, 0.3) is 0 Å². The van der Waals surface area contributed by atoms with Crippen LogP contribution in [-0.4, -0.2) is 51.0 Å². The Morgan fingerprint density at radius 2 is 1.67 bits per heavy atom. The summed E-state index contributed by atoms with van der Waals surface area (Å²) >= 11 is 6.26. The topological polar surface area (TPSA) is 86.8 Å². The molecule has 0 saturated heterocycles. The van der Waals surface area contributed by atoms with Gasteiger partial charge in [0.2, 0.25) is 21.8 Å². The molecule has 30 heavy (non-hydrogen) atoms. The highest BCUT2D eigenvalue weighted by atomic mass is 35.5. The molecule has 2 rings (SSSR count). The number of hydrogen-bond donors (Lipinski definition) is 1. The largest absolute Gasteiger partial charge is 0.357 e. The molecule has 162 valence electrons. The van der Waals surface area contributed by atoms with E-state index in [1.165, 1.54) is 11.9 Å². The van der Waals surface area contributed by atoms with Gasteiger partial charge in [0.05, 0.1) is 11.9 Å². The summed E-state index contributed by atoms with van der Waals surface area (Å²) in [4.78, 5) is 27.1. The molecule has 0 heterocycles. The molecule has 0 aromatic heterocycles. The Morgan fingerprint density at radius 1 is 1.07 bits per heavy atom. The quantitative estimate of drug-likeness (QED) is 0.635. The Balaban J connectivity index is 2.42. The highest BCUT2D eigenvalue weighted by molar-refractivity contribution is 7.92. The second-order valence-corrected chi connectivity index (χ2v) is 9.07. The van der Waals surface area contributed by atoms with Crippen LogP contribution in [0.2, 0.25) is 5.02 Å². The molecule has 7 nitrogen and oxygen atoms in total. The molecule has 1 atom stereocenters. The van der Waals surface area contributed by atoms with Crippen LogP contribution in [0.5, 0.6) is 0 Å². The third-order valence-corrected chi connectivity index (χ3v) is 6.16. The smallest absolute Gasteiger partial charge is 0.244 e. The first-order valence-corrected chi connectivity index (χ1v) is 11.7. The number of sulfonamides is 1. The van der Waals surface area contributed by atoms with Gasteiger partial charge in [0, 0.05) is 18.6 Å². The predicted molar refractivity (Wildman–Crippen MR) is 119 cm³/mol. The number of anilines is 1. The first-order chi connectivity index (χ1) is 14.2. The van der Waals surface area contributed by atoms with Gasteiger partial charge < -0.3 is 10.2 Å². The van der Waals surface area contributed by atoms with Crippen molar-refractivity contribution in [1.29, 1.82) is 0 Å². The molecule has 0 aliphatic heterocycles. The van der Waals surface area contributed by atoms with Crippen LogP contribution in [0.15, 0.2) is 54.6 Å². The van der Waals surface area contributed by atoms with Gasteiger partial charge in [-0.25, -0.2) is 8.42 Å². The lowest BCUT2D eigenvalue weighted by molar-refractivity contribution is -0.140. The van der Waals surface area contributed by atoms with Gasteiger partial charge in [0.15, 0.2) is 0 Å². The summed E-state index contributed by atoms with van der Waals surface area (Å²) < 4.78 is 25.8. The van der Waals surface area contributed by atoms with E-state index >= 15 is 0 Å². The number of nitrogens with zero attached hydrogens (tertiary/aromatic N) is 2. The van der Waals surface area contributed by atoms with Gasteiger partial charge >= 0.3 is 0 Å². The zero-order valence-electron chi connectivity index (χ0n) is 17.2. The molecule has 2 aromatic rings. The molecule has 0 fully saturated rings. The van der Waals surface area contributed by atoms with Crippen molar-refractivity contribution in [2.75, 3.05) is 24.2 Å². The summed E-state index contributed by atoms with van der Waals surface area (Å²) in [6, 6.07) is 14.6. The maximum atomic E-state index is 13.3. The molecule has 1 N–H and O–H groups in total. The summed E-state index contributed by atoms with van der Waals surface area (Å²) in [6.45, 7) is 1.44. The highest BCUT2D eigenvalue weighted by Crippen LogP contribution is 2.22. The van der Waals surface area contributed by atoms with Crippen LogP contribution < -0.4 is 9.62 Å². The number of rotatable bonds is 9. The molecule has 1 unspecified atom stereocenters. The number of carbonyl (C=O) groups is 2. The average molecular weight is 452 g/mol. The SMILES string of the molecule is CCC(C(=O)NC)N(Cc1ccccc1Cl)C(=O)CN(c1ccccc1)S(C)(=O)=O. The van der Waals surface area contributed by atoms with E-state index in [9.17, 15) is 18.0 Å². The lowest BCUT2D eigenvalue weighted by Gasteiger charge is -2.32. The third kappa shape index (κ3) is 5.96. The summed E-state index contributed by atoms with van der Waals surface area (Å²) in [5.41, 5.74) is 1.04. The second-order valence-electron chi connectivity index (χ2n) is 6.76. The van der Waals surface area contributed by atoms with Crippen molar-refractivity contribution in [2.45, 2.75) is 25.9 Å². The average Bonchev–Trinajstić information content (AvgIpc) is 2.72. The molecule has 2 amide bonds.